The molecule has 2 aromatic heterocycles. The van der Waals surface area contributed by atoms with Gasteiger partial charge < -0.3 is 4.74 Å². The Hall–Kier alpha value is -1.89. The summed E-state index contributed by atoms with van der Waals surface area (Å²) in [6, 6.07) is 6.79. The number of carbonyl (C=O) groups excluding carboxylic acids is 1. The van der Waals surface area contributed by atoms with Crippen LogP contribution in [0.4, 0.5) is 0 Å². The smallest absolute Gasteiger partial charge is 0.360 e. The molecule has 0 spiro atoms. The fourth-order valence-corrected chi connectivity index (χ4v) is 3.78. The predicted octanol–water partition coefficient (Wildman–Crippen LogP) is 4.14. The van der Waals surface area contributed by atoms with Crippen molar-refractivity contribution in [2.75, 3.05) is 6.61 Å². The molecule has 0 saturated heterocycles. The van der Waals surface area contributed by atoms with Crippen LogP contribution in [-0.4, -0.2) is 22.8 Å². The standard InChI is InChI=1S/C15H10Cl2N2O3S/c1-2-22-15(21)12-13-10(14(20)19-18-12)6-11(23-13)7-3-8(16)5-9(17)4-7/h3-6H,2H2,1H3,(H,19,20). The molecule has 0 saturated carbocycles. The summed E-state index contributed by atoms with van der Waals surface area (Å²) in [6.07, 6.45) is 0. The molecule has 0 radical (unpaired) electrons. The van der Waals surface area contributed by atoms with Gasteiger partial charge in [0.15, 0.2) is 5.69 Å². The van der Waals surface area contributed by atoms with E-state index in [0.717, 1.165) is 10.4 Å². The second-order valence-corrected chi connectivity index (χ2v) is 6.56. The number of nitrogens with zero attached hydrogens (tertiary/aromatic N) is 1. The van der Waals surface area contributed by atoms with Crippen molar-refractivity contribution in [3.8, 4) is 10.4 Å². The van der Waals surface area contributed by atoms with Gasteiger partial charge in [-0.1, -0.05) is 23.2 Å². The van der Waals surface area contributed by atoms with Crippen LogP contribution in [0.15, 0.2) is 29.1 Å². The van der Waals surface area contributed by atoms with Gasteiger partial charge in [-0.2, -0.15) is 5.10 Å². The maximum atomic E-state index is 12.0. The molecule has 1 aromatic carbocycles. The van der Waals surface area contributed by atoms with Crippen molar-refractivity contribution in [1.29, 1.82) is 0 Å². The van der Waals surface area contributed by atoms with Crippen molar-refractivity contribution in [1.82, 2.24) is 10.2 Å². The third kappa shape index (κ3) is 3.10. The summed E-state index contributed by atoms with van der Waals surface area (Å²) in [7, 11) is 0. The molecule has 0 unspecified atom stereocenters. The normalized spacial score (nSPS) is 10.9. The van der Waals surface area contributed by atoms with Crippen molar-refractivity contribution in [2.45, 2.75) is 6.92 Å². The maximum absolute atomic E-state index is 12.0. The Morgan fingerprint density at radius 1 is 1.26 bits per heavy atom. The number of hydrogen-bond acceptors (Lipinski definition) is 5. The number of esters is 1. The van der Waals surface area contributed by atoms with Gasteiger partial charge in [0, 0.05) is 14.9 Å². The lowest BCUT2D eigenvalue weighted by molar-refractivity contribution is 0.0521. The largest absolute Gasteiger partial charge is 0.461 e. The third-order valence-corrected chi connectivity index (χ3v) is 4.70. The molecule has 0 atom stereocenters. The van der Waals surface area contributed by atoms with Crippen LogP contribution in [0, 0.1) is 0 Å². The van der Waals surface area contributed by atoms with E-state index in [-0.39, 0.29) is 17.9 Å². The second kappa shape index (κ2) is 6.31. The number of rotatable bonds is 3. The number of aromatic nitrogens is 2. The number of carbonyl (C=O) groups is 1. The molecule has 0 aliphatic carbocycles. The molecule has 8 heteroatoms. The highest BCUT2D eigenvalue weighted by Gasteiger charge is 2.19. The molecule has 0 amide bonds. The molecule has 0 bridgehead atoms. The van der Waals surface area contributed by atoms with Gasteiger partial charge in [-0.15, -0.1) is 11.3 Å². The van der Waals surface area contributed by atoms with E-state index in [1.54, 1.807) is 31.2 Å². The van der Waals surface area contributed by atoms with E-state index in [1.807, 2.05) is 0 Å². The van der Waals surface area contributed by atoms with Gasteiger partial charge in [-0.3, -0.25) is 4.79 Å². The number of halogens is 2. The van der Waals surface area contributed by atoms with Crippen LogP contribution in [0.3, 0.4) is 0 Å². The maximum Gasteiger partial charge on any atom is 0.360 e. The lowest BCUT2D eigenvalue weighted by atomic mass is 10.2. The Bertz CT molecular complexity index is 945. The minimum absolute atomic E-state index is 0.0887. The van der Waals surface area contributed by atoms with Crippen molar-refractivity contribution in [3.63, 3.8) is 0 Å². The number of H-pyrrole nitrogens is 1. The SMILES string of the molecule is CCOC(=O)c1n[nH]c(=O)c2cc(-c3cc(Cl)cc(Cl)c3)sc12. The Morgan fingerprint density at radius 2 is 1.96 bits per heavy atom. The molecule has 0 fully saturated rings. The van der Waals surface area contributed by atoms with E-state index in [2.05, 4.69) is 10.2 Å². The number of aromatic amines is 1. The zero-order valence-corrected chi connectivity index (χ0v) is 14.2. The lowest BCUT2D eigenvalue weighted by Crippen LogP contribution is -2.14. The highest BCUT2D eigenvalue weighted by molar-refractivity contribution is 7.22. The highest BCUT2D eigenvalue weighted by atomic mass is 35.5. The van der Waals surface area contributed by atoms with Crippen LogP contribution < -0.4 is 5.56 Å². The zero-order chi connectivity index (χ0) is 16.6. The summed E-state index contributed by atoms with van der Waals surface area (Å²) >= 11 is 13.3. The quantitative estimate of drug-likeness (QED) is 0.705. The summed E-state index contributed by atoms with van der Waals surface area (Å²) in [5, 5.41) is 7.48. The summed E-state index contributed by atoms with van der Waals surface area (Å²) < 4.78 is 5.44. The topological polar surface area (TPSA) is 72.0 Å². The number of fused-ring (bicyclic) bond motifs is 1. The molecular weight excluding hydrogens is 359 g/mol. The highest BCUT2D eigenvalue weighted by Crippen LogP contribution is 2.35. The second-order valence-electron chi connectivity index (χ2n) is 4.63. The van der Waals surface area contributed by atoms with E-state index in [1.165, 1.54) is 11.3 Å². The fourth-order valence-electron chi connectivity index (χ4n) is 2.13. The van der Waals surface area contributed by atoms with Gasteiger partial charge in [-0.25, -0.2) is 9.89 Å². The van der Waals surface area contributed by atoms with Crippen LogP contribution in [0.1, 0.15) is 17.4 Å². The number of nitrogens with one attached hydrogen (secondary N) is 1. The van der Waals surface area contributed by atoms with Crippen molar-refractivity contribution in [2.24, 2.45) is 0 Å². The molecule has 2 heterocycles. The van der Waals surface area contributed by atoms with Crippen LogP contribution in [0.2, 0.25) is 10.0 Å². The first kappa shape index (κ1) is 16.0. The van der Waals surface area contributed by atoms with Crippen molar-refractivity contribution >= 4 is 50.6 Å². The fraction of sp³-hybridized carbons (Fsp3) is 0.133. The van der Waals surface area contributed by atoms with Gasteiger partial charge in [0.2, 0.25) is 0 Å². The van der Waals surface area contributed by atoms with Gasteiger partial charge in [0.1, 0.15) is 0 Å². The number of thiophene rings is 1. The predicted molar refractivity (Wildman–Crippen MR) is 91.7 cm³/mol. The lowest BCUT2D eigenvalue weighted by Gasteiger charge is -2.01. The van der Waals surface area contributed by atoms with Crippen molar-refractivity contribution in [3.05, 3.63) is 50.4 Å². The number of benzene rings is 1. The van der Waals surface area contributed by atoms with Gasteiger partial charge in [0.05, 0.1) is 16.7 Å². The van der Waals surface area contributed by atoms with Crippen LogP contribution in [-0.2, 0) is 4.74 Å². The Kier molecular flexibility index (Phi) is 4.39. The van der Waals surface area contributed by atoms with Crippen LogP contribution >= 0.6 is 34.5 Å². The van der Waals surface area contributed by atoms with Gasteiger partial charge in [0.25, 0.3) is 5.56 Å². The molecule has 0 aliphatic heterocycles. The van der Waals surface area contributed by atoms with Crippen LogP contribution in [0.5, 0.6) is 0 Å². The summed E-state index contributed by atoms with van der Waals surface area (Å²) in [4.78, 5) is 24.7. The number of ether oxygens (including phenoxy) is 1. The molecule has 118 valence electrons. The first-order valence-corrected chi connectivity index (χ1v) is 8.22. The summed E-state index contributed by atoms with van der Waals surface area (Å²) in [6.45, 7) is 1.93. The summed E-state index contributed by atoms with van der Waals surface area (Å²) in [5.41, 5.74) is 0.479. The Morgan fingerprint density at radius 3 is 2.61 bits per heavy atom. The van der Waals surface area contributed by atoms with E-state index in [0.29, 0.717) is 20.1 Å². The van der Waals surface area contributed by atoms with Gasteiger partial charge in [-0.05, 0) is 36.8 Å². The minimum Gasteiger partial charge on any atom is -0.461 e. The monoisotopic (exact) mass is 368 g/mol. The third-order valence-electron chi connectivity index (χ3n) is 3.08. The zero-order valence-electron chi connectivity index (χ0n) is 11.9. The van der Waals surface area contributed by atoms with E-state index in [4.69, 9.17) is 27.9 Å². The minimum atomic E-state index is -0.578. The van der Waals surface area contributed by atoms with Crippen molar-refractivity contribution < 1.29 is 9.53 Å². The Labute approximate surface area is 144 Å². The molecular formula is C15H10Cl2N2O3S. The first-order valence-electron chi connectivity index (χ1n) is 6.65. The number of hydrogen-bond donors (Lipinski definition) is 1. The Balaban J connectivity index is 2.21. The average Bonchev–Trinajstić information content (AvgIpc) is 2.93. The van der Waals surface area contributed by atoms with E-state index < -0.39 is 5.97 Å². The molecule has 3 aromatic rings. The molecule has 23 heavy (non-hydrogen) atoms. The van der Waals surface area contributed by atoms with E-state index >= 15 is 0 Å². The molecule has 5 nitrogen and oxygen atoms in total. The van der Waals surface area contributed by atoms with Gasteiger partial charge >= 0.3 is 5.97 Å². The average molecular weight is 369 g/mol. The van der Waals surface area contributed by atoms with E-state index in [9.17, 15) is 9.59 Å². The van der Waals surface area contributed by atoms with Crippen LogP contribution in [0.25, 0.3) is 20.5 Å². The molecule has 0 aliphatic rings. The molecule has 3 rings (SSSR count). The summed E-state index contributed by atoms with van der Waals surface area (Å²) in [5.74, 6) is -0.578. The molecule has 1 N–H and O–H groups in total. The first-order chi connectivity index (χ1) is 11.0.